The largest absolute Gasteiger partial charge is 0.379 e. The van der Waals surface area contributed by atoms with E-state index in [-0.39, 0.29) is 23.7 Å². The highest BCUT2D eigenvalue weighted by Crippen LogP contribution is 2.36. The smallest absolute Gasteiger partial charge is 0.284 e. The molecule has 1 fully saturated rings. The zero-order valence-electron chi connectivity index (χ0n) is 15.7. The monoisotopic (exact) mass is 446 g/mol. The molecule has 2 heterocycles. The summed E-state index contributed by atoms with van der Waals surface area (Å²) in [5.41, 5.74) is 1.44. The van der Waals surface area contributed by atoms with Crippen molar-refractivity contribution >= 4 is 27.5 Å². The maximum atomic E-state index is 12.8. The van der Waals surface area contributed by atoms with Gasteiger partial charge in [-0.15, -0.1) is 0 Å². The SMILES string of the molecule is O=[N+]([O-])c1cc(S(=O)(=O)N2CCOCC2)ccc1Sc1ncc(-c2ccccc2)[nH]1. The number of aromatic nitrogens is 2. The lowest BCUT2D eigenvalue weighted by Crippen LogP contribution is -2.40. The van der Waals surface area contributed by atoms with Gasteiger partial charge in [-0.25, -0.2) is 13.4 Å². The number of H-pyrrole nitrogens is 1. The molecule has 1 aromatic heterocycles. The second-order valence-electron chi connectivity index (χ2n) is 6.47. The molecule has 0 bridgehead atoms. The quantitative estimate of drug-likeness (QED) is 0.456. The fraction of sp³-hybridized carbons (Fsp3) is 0.211. The molecule has 30 heavy (non-hydrogen) atoms. The van der Waals surface area contributed by atoms with Gasteiger partial charge in [0.1, 0.15) is 0 Å². The molecule has 1 aliphatic rings. The van der Waals surface area contributed by atoms with Gasteiger partial charge in [-0.1, -0.05) is 30.3 Å². The van der Waals surface area contributed by atoms with Gasteiger partial charge in [0.2, 0.25) is 10.0 Å². The molecule has 0 amide bonds. The molecule has 0 saturated carbocycles. The summed E-state index contributed by atoms with van der Waals surface area (Å²) < 4.78 is 32.1. The number of rotatable bonds is 6. The third kappa shape index (κ3) is 4.24. The molecule has 0 spiro atoms. The Morgan fingerprint density at radius 3 is 2.57 bits per heavy atom. The molecule has 156 valence electrons. The summed E-state index contributed by atoms with van der Waals surface area (Å²) in [4.78, 5) is 18.6. The van der Waals surface area contributed by atoms with Crippen LogP contribution in [-0.2, 0) is 14.8 Å². The van der Waals surface area contributed by atoms with Crippen LogP contribution in [-0.4, -0.2) is 53.9 Å². The summed E-state index contributed by atoms with van der Waals surface area (Å²) in [6.45, 7) is 1.05. The van der Waals surface area contributed by atoms with Crippen molar-refractivity contribution in [2.45, 2.75) is 14.9 Å². The van der Waals surface area contributed by atoms with Crippen LogP contribution < -0.4 is 0 Å². The van der Waals surface area contributed by atoms with Gasteiger partial charge in [0, 0.05) is 19.2 Å². The number of hydrogen-bond donors (Lipinski definition) is 1. The van der Waals surface area contributed by atoms with Crippen LogP contribution in [0.3, 0.4) is 0 Å². The fourth-order valence-corrected chi connectivity index (χ4v) is 5.32. The number of morpholine rings is 1. The first-order valence-electron chi connectivity index (χ1n) is 9.10. The van der Waals surface area contributed by atoms with Gasteiger partial charge in [-0.3, -0.25) is 10.1 Å². The topological polar surface area (TPSA) is 118 Å². The molecule has 1 N–H and O–H groups in total. The van der Waals surface area contributed by atoms with Crippen molar-refractivity contribution in [3.05, 3.63) is 64.8 Å². The van der Waals surface area contributed by atoms with E-state index in [1.165, 1.54) is 16.4 Å². The van der Waals surface area contributed by atoms with Crippen LogP contribution in [0.4, 0.5) is 5.69 Å². The summed E-state index contributed by atoms with van der Waals surface area (Å²) in [6.07, 6.45) is 1.65. The van der Waals surface area contributed by atoms with E-state index in [1.807, 2.05) is 30.3 Å². The van der Waals surface area contributed by atoms with Gasteiger partial charge in [0.25, 0.3) is 5.69 Å². The average Bonchev–Trinajstić information content (AvgIpc) is 3.23. The summed E-state index contributed by atoms with van der Waals surface area (Å²) in [6, 6.07) is 13.5. The Bertz CT molecular complexity index is 1160. The number of ether oxygens (including phenoxy) is 1. The highest BCUT2D eigenvalue weighted by Gasteiger charge is 2.29. The van der Waals surface area contributed by atoms with Gasteiger partial charge < -0.3 is 9.72 Å². The van der Waals surface area contributed by atoms with Crippen LogP contribution in [0.2, 0.25) is 0 Å². The lowest BCUT2D eigenvalue weighted by Gasteiger charge is -2.26. The van der Waals surface area contributed by atoms with E-state index in [2.05, 4.69) is 9.97 Å². The number of aromatic amines is 1. The predicted octanol–water partition coefficient (Wildman–Crippen LogP) is 3.16. The van der Waals surface area contributed by atoms with Crippen molar-refractivity contribution in [2.75, 3.05) is 26.3 Å². The summed E-state index contributed by atoms with van der Waals surface area (Å²) >= 11 is 1.08. The first-order valence-corrected chi connectivity index (χ1v) is 11.4. The predicted molar refractivity (Wildman–Crippen MR) is 111 cm³/mol. The van der Waals surface area contributed by atoms with Crippen LogP contribution in [0, 0.1) is 10.1 Å². The van der Waals surface area contributed by atoms with E-state index in [0.29, 0.717) is 23.3 Å². The van der Waals surface area contributed by atoms with Gasteiger partial charge in [-0.05, 0) is 29.5 Å². The molecule has 4 rings (SSSR count). The molecule has 9 nitrogen and oxygen atoms in total. The number of nitrogens with one attached hydrogen (secondary N) is 1. The third-order valence-corrected chi connectivity index (χ3v) is 7.44. The molecule has 0 atom stereocenters. The van der Waals surface area contributed by atoms with Gasteiger partial charge >= 0.3 is 0 Å². The zero-order chi connectivity index (χ0) is 21.1. The molecule has 0 unspecified atom stereocenters. The molecule has 0 radical (unpaired) electrons. The average molecular weight is 447 g/mol. The molecule has 11 heteroatoms. The van der Waals surface area contributed by atoms with Crippen LogP contribution in [0.5, 0.6) is 0 Å². The summed E-state index contributed by atoms with van der Waals surface area (Å²) in [7, 11) is -3.82. The molecule has 1 saturated heterocycles. The molecule has 1 aliphatic heterocycles. The number of imidazole rings is 1. The van der Waals surface area contributed by atoms with Crippen molar-refractivity contribution in [3.63, 3.8) is 0 Å². The van der Waals surface area contributed by atoms with Crippen molar-refractivity contribution in [1.82, 2.24) is 14.3 Å². The Hall–Kier alpha value is -2.73. The lowest BCUT2D eigenvalue weighted by molar-refractivity contribution is -0.388. The zero-order valence-corrected chi connectivity index (χ0v) is 17.4. The molecular weight excluding hydrogens is 428 g/mol. The minimum Gasteiger partial charge on any atom is -0.379 e. The normalized spacial score (nSPS) is 15.2. The van der Waals surface area contributed by atoms with E-state index >= 15 is 0 Å². The Balaban J connectivity index is 1.62. The van der Waals surface area contributed by atoms with Crippen LogP contribution in [0.25, 0.3) is 11.3 Å². The minimum absolute atomic E-state index is 0.107. The number of sulfonamides is 1. The number of nitrogens with zero attached hydrogens (tertiary/aromatic N) is 3. The first kappa shape index (κ1) is 20.5. The highest BCUT2D eigenvalue weighted by molar-refractivity contribution is 7.99. The highest BCUT2D eigenvalue weighted by atomic mass is 32.2. The molecule has 2 aromatic carbocycles. The van der Waals surface area contributed by atoms with Crippen molar-refractivity contribution < 1.29 is 18.1 Å². The van der Waals surface area contributed by atoms with E-state index in [1.54, 1.807) is 6.20 Å². The van der Waals surface area contributed by atoms with E-state index in [4.69, 9.17) is 4.74 Å². The van der Waals surface area contributed by atoms with Crippen LogP contribution in [0.15, 0.2) is 69.7 Å². The third-order valence-electron chi connectivity index (χ3n) is 4.58. The fourth-order valence-electron chi connectivity index (χ4n) is 3.05. The summed E-state index contributed by atoms with van der Waals surface area (Å²) in [5, 5.41) is 12.1. The Labute approximate surface area is 177 Å². The maximum absolute atomic E-state index is 12.8. The van der Waals surface area contributed by atoms with E-state index in [0.717, 1.165) is 29.1 Å². The van der Waals surface area contributed by atoms with Crippen LogP contribution >= 0.6 is 11.8 Å². The Morgan fingerprint density at radius 1 is 1.13 bits per heavy atom. The van der Waals surface area contributed by atoms with E-state index < -0.39 is 14.9 Å². The van der Waals surface area contributed by atoms with Crippen molar-refractivity contribution in [2.24, 2.45) is 0 Å². The Kier molecular flexibility index (Phi) is 5.86. The number of hydrogen-bond acceptors (Lipinski definition) is 7. The Morgan fingerprint density at radius 2 is 1.87 bits per heavy atom. The minimum atomic E-state index is -3.82. The van der Waals surface area contributed by atoms with Crippen LogP contribution in [0.1, 0.15) is 0 Å². The van der Waals surface area contributed by atoms with Gasteiger partial charge in [0.05, 0.1) is 39.8 Å². The first-order chi connectivity index (χ1) is 14.4. The van der Waals surface area contributed by atoms with Crippen molar-refractivity contribution in [3.8, 4) is 11.3 Å². The molecule has 3 aromatic rings. The number of nitro groups is 1. The van der Waals surface area contributed by atoms with Crippen molar-refractivity contribution in [1.29, 1.82) is 0 Å². The van der Waals surface area contributed by atoms with Gasteiger partial charge in [0.15, 0.2) is 5.16 Å². The number of benzene rings is 2. The second kappa shape index (κ2) is 8.56. The molecule has 0 aliphatic carbocycles. The number of nitro benzene ring substituents is 1. The standard InChI is InChI=1S/C19H18N4O5S2/c24-23(25)17-12-15(30(26,27)22-8-10-28-11-9-22)6-7-18(17)29-19-20-13-16(21-19)14-4-2-1-3-5-14/h1-7,12-13H,8-11H2,(H,20,21). The van der Waals surface area contributed by atoms with E-state index in [9.17, 15) is 18.5 Å². The molecular formula is C19H18N4O5S2. The summed E-state index contributed by atoms with van der Waals surface area (Å²) in [5.74, 6) is 0. The second-order valence-corrected chi connectivity index (χ2v) is 9.44. The van der Waals surface area contributed by atoms with Gasteiger partial charge in [-0.2, -0.15) is 4.31 Å². The lowest BCUT2D eigenvalue weighted by atomic mass is 10.2. The maximum Gasteiger partial charge on any atom is 0.284 e.